The van der Waals surface area contributed by atoms with E-state index in [1.54, 1.807) is 25.2 Å². The van der Waals surface area contributed by atoms with E-state index in [4.69, 9.17) is 5.73 Å². The van der Waals surface area contributed by atoms with Crippen LogP contribution in [0, 0.1) is 6.92 Å². The molecule has 1 aromatic rings. The third-order valence-corrected chi connectivity index (χ3v) is 3.59. The van der Waals surface area contributed by atoms with Crippen LogP contribution >= 0.6 is 0 Å². The van der Waals surface area contributed by atoms with Crippen LogP contribution in [0.4, 0.5) is 5.69 Å². The van der Waals surface area contributed by atoms with Gasteiger partial charge in [0, 0.05) is 31.1 Å². The minimum Gasteiger partial charge on any atom is -0.398 e. The molecule has 6 heteroatoms. The molecule has 5 nitrogen and oxygen atoms in total. The summed E-state index contributed by atoms with van der Waals surface area (Å²) in [7, 11) is -1.50. The quantitative estimate of drug-likeness (QED) is 0.816. The number of aryl methyl sites for hydroxylation is 1. The van der Waals surface area contributed by atoms with E-state index in [-0.39, 0.29) is 18.2 Å². The maximum atomic E-state index is 12.0. The molecule has 0 unspecified atom stereocenters. The number of carbonyl (C=O) groups excluding carboxylic acids is 1. The zero-order chi connectivity index (χ0) is 13.9. The van der Waals surface area contributed by atoms with Crippen molar-refractivity contribution in [3.05, 3.63) is 29.3 Å². The first kappa shape index (κ1) is 14.5. The lowest BCUT2D eigenvalue weighted by atomic mass is 10.1. The molecule has 0 bridgehead atoms. The van der Waals surface area contributed by atoms with Crippen molar-refractivity contribution in [1.82, 2.24) is 4.90 Å². The van der Waals surface area contributed by atoms with Crippen LogP contribution in [-0.4, -0.2) is 44.8 Å². The highest BCUT2D eigenvalue weighted by Crippen LogP contribution is 2.14. The lowest BCUT2D eigenvalue weighted by Gasteiger charge is -2.17. The number of anilines is 1. The molecule has 18 heavy (non-hydrogen) atoms. The van der Waals surface area contributed by atoms with Crippen LogP contribution in [-0.2, 0) is 9.84 Å². The Morgan fingerprint density at radius 1 is 1.39 bits per heavy atom. The number of nitrogens with two attached hydrogens (primary N) is 1. The fraction of sp³-hybridized carbons (Fsp3) is 0.417. The van der Waals surface area contributed by atoms with Gasteiger partial charge in [-0.05, 0) is 24.6 Å². The summed E-state index contributed by atoms with van der Waals surface area (Å²) < 4.78 is 22.1. The third-order valence-electron chi connectivity index (χ3n) is 2.67. The fourth-order valence-electron chi connectivity index (χ4n) is 1.40. The Labute approximate surface area is 108 Å². The smallest absolute Gasteiger partial charge is 0.253 e. The van der Waals surface area contributed by atoms with Crippen LogP contribution in [0.3, 0.4) is 0 Å². The number of sulfone groups is 1. The Hall–Kier alpha value is -1.56. The van der Waals surface area contributed by atoms with Gasteiger partial charge in [-0.3, -0.25) is 4.79 Å². The largest absolute Gasteiger partial charge is 0.398 e. The number of hydrogen-bond acceptors (Lipinski definition) is 4. The van der Waals surface area contributed by atoms with Gasteiger partial charge in [0.2, 0.25) is 0 Å². The van der Waals surface area contributed by atoms with Crippen molar-refractivity contribution in [3.63, 3.8) is 0 Å². The summed E-state index contributed by atoms with van der Waals surface area (Å²) in [6.45, 7) is 2.03. The van der Waals surface area contributed by atoms with Crippen LogP contribution in [0.5, 0.6) is 0 Å². The summed E-state index contributed by atoms with van der Waals surface area (Å²) in [5, 5.41) is 0. The Balaban J connectivity index is 2.77. The number of nitrogen functional groups attached to an aromatic ring is 1. The second-order valence-electron chi connectivity index (χ2n) is 4.43. The van der Waals surface area contributed by atoms with Gasteiger partial charge in [-0.25, -0.2) is 8.42 Å². The van der Waals surface area contributed by atoms with Crippen molar-refractivity contribution in [2.45, 2.75) is 6.92 Å². The molecule has 0 heterocycles. The molecule has 0 atom stereocenters. The second-order valence-corrected chi connectivity index (χ2v) is 6.69. The molecule has 0 fully saturated rings. The molecule has 0 aliphatic heterocycles. The summed E-state index contributed by atoms with van der Waals surface area (Å²) >= 11 is 0. The molecule has 0 spiro atoms. The summed E-state index contributed by atoms with van der Waals surface area (Å²) in [4.78, 5) is 13.4. The number of amides is 1. The van der Waals surface area contributed by atoms with Gasteiger partial charge in [-0.2, -0.15) is 0 Å². The normalized spacial score (nSPS) is 11.3. The van der Waals surface area contributed by atoms with Gasteiger partial charge >= 0.3 is 0 Å². The van der Waals surface area contributed by atoms with Crippen molar-refractivity contribution in [3.8, 4) is 0 Å². The second kappa shape index (κ2) is 5.39. The van der Waals surface area contributed by atoms with Crippen molar-refractivity contribution in [2.75, 3.05) is 31.3 Å². The molecular weight excluding hydrogens is 252 g/mol. The standard InChI is InChI=1S/C12H18N2O3S/c1-9-4-5-10(8-11(9)13)12(15)14(2)6-7-18(3,16)17/h4-5,8H,6-7,13H2,1-3H3. The Morgan fingerprint density at radius 2 is 2.00 bits per heavy atom. The van der Waals surface area contributed by atoms with Crippen LogP contribution in [0.1, 0.15) is 15.9 Å². The number of carbonyl (C=O) groups is 1. The monoisotopic (exact) mass is 270 g/mol. The van der Waals surface area contributed by atoms with E-state index in [1.165, 1.54) is 4.90 Å². The van der Waals surface area contributed by atoms with E-state index in [1.807, 2.05) is 6.92 Å². The molecule has 0 saturated carbocycles. The van der Waals surface area contributed by atoms with E-state index in [0.717, 1.165) is 11.8 Å². The minimum atomic E-state index is -3.07. The number of rotatable bonds is 4. The van der Waals surface area contributed by atoms with Gasteiger partial charge in [0.1, 0.15) is 9.84 Å². The molecule has 2 N–H and O–H groups in total. The van der Waals surface area contributed by atoms with Crippen molar-refractivity contribution in [1.29, 1.82) is 0 Å². The Bertz CT molecular complexity index is 552. The lowest BCUT2D eigenvalue weighted by Crippen LogP contribution is -2.31. The van der Waals surface area contributed by atoms with Crippen LogP contribution < -0.4 is 5.73 Å². The van der Waals surface area contributed by atoms with E-state index < -0.39 is 9.84 Å². The summed E-state index contributed by atoms with van der Waals surface area (Å²) in [6, 6.07) is 5.06. The molecule has 0 aromatic heterocycles. The van der Waals surface area contributed by atoms with Crippen LogP contribution in [0.25, 0.3) is 0 Å². The topological polar surface area (TPSA) is 80.5 Å². The average Bonchev–Trinajstić information content (AvgIpc) is 2.27. The summed E-state index contributed by atoms with van der Waals surface area (Å²) in [6.07, 6.45) is 1.15. The van der Waals surface area contributed by atoms with Crippen molar-refractivity contribution in [2.24, 2.45) is 0 Å². The molecule has 0 aliphatic rings. The van der Waals surface area contributed by atoms with Crippen LogP contribution in [0.2, 0.25) is 0 Å². The molecule has 100 valence electrons. The lowest BCUT2D eigenvalue weighted by molar-refractivity contribution is 0.0803. The maximum Gasteiger partial charge on any atom is 0.253 e. The van der Waals surface area contributed by atoms with Gasteiger partial charge in [0.05, 0.1) is 5.75 Å². The minimum absolute atomic E-state index is 0.0451. The Morgan fingerprint density at radius 3 is 2.50 bits per heavy atom. The first-order chi connectivity index (χ1) is 8.20. The average molecular weight is 270 g/mol. The molecule has 1 amide bonds. The third kappa shape index (κ3) is 4.03. The molecule has 0 aliphatic carbocycles. The van der Waals surface area contributed by atoms with Crippen molar-refractivity contribution < 1.29 is 13.2 Å². The SMILES string of the molecule is Cc1ccc(C(=O)N(C)CCS(C)(=O)=O)cc1N. The fourth-order valence-corrected chi connectivity index (χ4v) is 2.00. The van der Waals surface area contributed by atoms with Gasteiger partial charge in [0.15, 0.2) is 0 Å². The van der Waals surface area contributed by atoms with Gasteiger partial charge < -0.3 is 10.6 Å². The number of hydrogen-bond donors (Lipinski definition) is 1. The van der Waals surface area contributed by atoms with Gasteiger partial charge in [-0.15, -0.1) is 0 Å². The summed E-state index contributed by atoms with van der Waals surface area (Å²) in [5.74, 6) is -0.276. The highest BCUT2D eigenvalue weighted by Gasteiger charge is 2.14. The highest BCUT2D eigenvalue weighted by molar-refractivity contribution is 7.90. The Kier molecular flexibility index (Phi) is 4.34. The molecule has 0 saturated heterocycles. The first-order valence-electron chi connectivity index (χ1n) is 5.50. The summed E-state index contributed by atoms with van der Waals surface area (Å²) in [5.41, 5.74) is 7.66. The molecule has 1 aromatic carbocycles. The number of nitrogens with zero attached hydrogens (tertiary/aromatic N) is 1. The van der Waals surface area contributed by atoms with Gasteiger partial charge in [-0.1, -0.05) is 6.07 Å². The molecule has 0 radical (unpaired) electrons. The number of benzene rings is 1. The maximum absolute atomic E-state index is 12.0. The zero-order valence-corrected chi connectivity index (χ0v) is 11.6. The van der Waals surface area contributed by atoms with Crippen molar-refractivity contribution >= 4 is 21.4 Å². The van der Waals surface area contributed by atoms with Gasteiger partial charge in [0.25, 0.3) is 5.91 Å². The molecular formula is C12H18N2O3S. The van der Waals surface area contributed by atoms with E-state index in [2.05, 4.69) is 0 Å². The van der Waals surface area contributed by atoms with Crippen LogP contribution in [0.15, 0.2) is 18.2 Å². The zero-order valence-electron chi connectivity index (χ0n) is 10.8. The van der Waals surface area contributed by atoms with E-state index >= 15 is 0 Å². The van der Waals surface area contributed by atoms with E-state index in [9.17, 15) is 13.2 Å². The highest BCUT2D eigenvalue weighted by atomic mass is 32.2. The first-order valence-corrected chi connectivity index (χ1v) is 7.56. The predicted octanol–water partition coefficient (Wildman–Crippen LogP) is 0.694. The molecule has 1 rings (SSSR count). The van der Waals surface area contributed by atoms with E-state index in [0.29, 0.717) is 11.3 Å². The predicted molar refractivity (Wildman–Crippen MR) is 72.3 cm³/mol.